The maximum atomic E-state index is 3.66. The van der Waals surface area contributed by atoms with Crippen molar-refractivity contribution in [3.8, 4) is 0 Å². The normalized spacial score (nSPS) is 9.00. The van der Waals surface area contributed by atoms with Crippen LogP contribution in [0.5, 0.6) is 0 Å². The first-order chi connectivity index (χ1) is 3.81. The van der Waals surface area contributed by atoms with Gasteiger partial charge in [-0.05, 0) is 5.57 Å². The Morgan fingerprint density at radius 3 is 2.25 bits per heavy atom. The van der Waals surface area contributed by atoms with Gasteiger partial charge in [-0.15, -0.1) is 0 Å². The second-order valence-electron chi connectivity index (χ2n) is 1.37. The summed E-state index contributed by atoms with van der Waals surface area (Å²) in [5, 5.41) is 0. The topological polar surface area (TPSA) is 0 Å². The molecule has 0 fully saturated rings. The molecule has 0 saturated carbocycles. The quantitative estimate of drug-likeness (QED) is 0.485. The maximum Gasteiger partial charge on any atom is -0.0335 e. The van der Waals surface area contributed by atoms with Crippen LogP contribution in [0, 0.1) is 0 Å². The highest BCUT2D eigenvalue weighted by Gasteiger charge is 1.70. The minimum atomic E-state index is 0.907. The van der Waals surface area contributed by atoms with Gasteiger partial charge in [0.25, 0.3) is 0 Å². The van der Waals surface area contributed by atoms with E-state index in [9.17, 15) is 0 Å². The molecule has 0 amide bonds. The Labute approximate surface area is 50.5 Å². The van der Waals surface area contributed by atoms with Crippen molar-refractivity contribution in [1.82, 2.24) is 0 Å². The van der Waals surface area contributed by atoms with Crippen LogP contribution in [0.4, 0.5) is 0 Å². The largest absolute Gasteiger partial charge is 0.0991 e. The summed E-state index contributed by atoms with van der Waals surface area (Å²) >= 11 is 0. The smallest absolute Gasteiger partial charge is 0.0335 e. The van der Waals surface area contributed by atoms with Crippen LogP contribution in [-0.4, -0.2) is 0 Å². The zero-order valence-corrected chi connectivity index (χ0v) is 4.93. The van der Waals surface area contributed by atoms with E-state index in [1.165, 1.54) is 0 Å². The van der Waals surface area contributed by atoms with E-state index in [0.717, 1.165) is 5.57 Å². The summed E-state index contributed by atoms with van der Waals surface area (Å²) in [7, 11) is 0. The minimum Gasteiger partial charge on any atom is -0.0991 e. The number of allylic oxidation sites excluding steroid dienone is 5. The summed E-state index contributed by atoms with van der Waals surface area (Å²) in [5.74, 6) is 0. The predicted octanol–water partition coefficient (Wildman–Crippen LogP) is 2.47. The van der Waals surface area contributed by atoms with Crippen molar-refractivity contribution < 1.29 is 0 Å². The average Bonchev–Trinajstić information content (AvgIpc) is 1.83. The fourth-order valence-electron chi connectivity index (χ4n) is 0.260. The molecule has 42 valence electrons. The van der Waals surface area contributed by atoms with Gasteiger partial charge in [0, 0.05) is 0 Å². The third kappa shape index (κ3) is 3.16. The number of hydrogen-bond acceptors (Lipinski definition) is 0. The van der Waals surface area contributed by atoms with Gasteiger partial charge < -0.3 is 0 Å². The highest BCUT2D eigenvalue weighted by molar-refractivity contribution is 5.27. The van der Waals surface area contributed by atoms with Gasteiger partial charge >= 0.3 is 0 Å². The van der Waals surface area contributed by atoms with Gasteiger partial charge in [0.2, 0.25) is 0 Å². The molecule has 0 heterocycles. The minimum absolute atomic E-state index is 0.907. The van der Waals surface area contributed by atoms with E-state index < -0.39 is 0 Å². The standard InChI is InChI=1S/C8H10/c1-4-6-7-8(3)5-2/h4-7H,1-3H2/b7-6-. The Kier molecular flexibility index (Phi) is 3.59. The highest BCUT2D eigenvalue weighted by Crippen LogP contribution is 1.91. The van der Waals surface area contributed by atoms with E-state index >= 15 is 0 Å². The lowest BCUT2D eigenvalue weighted by Gasteiger charge is -1.80. The molecule has 0 saturated heterocycles. The molecule has 0 aliphatic carbocycles. The van der Waals surface area contributed by atoms with Crippen molar-refractivity contribution >= 4 is 0 Å². The van der Waals surface area contributed by atoms with Gasteiger partial charge in [-0.25, -0.2) is 0 Å². The summed E-state index contributed by atoms with van der Waals surface area (Å²) in [6, 6.07) is 0. The molecule has 0 aromatic carbocycles. The number of hydrogen-bond donors (Lipinski definition) is 0. The van der Waals surface area contributed by atoms with Gasteiger partial charge in [0.05, 0.1) is 0 Å². The third-order valence-corrected chi connectivity index (χ3v) is 0.709. The summed E-state index contributed by atoms with van der Waals surface area (Å²) in [5.41, 5.74) is 0.907. The lowest BCUT2D eigenvalue weighted by atomic mass is 10.3. The van der Waals surface area contributed by atoms with Crippen LogP contribution >= 0.6 is 0 Å². The molecule has 0 nitrogen and oxygen atoms in total. The molecular weight excluding hydrogens is 96.1 g/mol. The molecule has 0 aromatic heterocycles. The monoisotopic (exact) mass is 106 g/mol. The molecule has 0 spiro atoms. The van der Waals surface area contributed by atoms with Crippen LogP contribution in [0.15, 0.2) is 49.6 Å². The van der Waals surface area contributed by atoms with E-state index in [1.807, 2.05) is 12.2 Å². The van der Waals surface area contributed by atoms with E-state index in [-0.39, 0.29) is 0 Å². The third-order valence-electron chi connectivity index (χ3n) is 0.709. The summed E-state index contributed by atoms with van der Waals surface area (Å²) in [6.45, 7) is 10.7. The Balaban J connectivity index is 3.69. The second-order valence-corrected chi connectivity index (χ2v) is 1.37. The first-order valence-corrected chi connectivity index (χ1v) is 2.41. The van der Waals surface area contributed by atoms with Crippen LogP contribution in [-0.2, 0) is 0 Å². The van der Waals surface area contributed by atoms with Gasteiger partial charge in [-0.3, -0.25) is 0 Å². The lowest BCUT2D eigenvalue weighted by molar-refractivity contribution is 1.76. The van der Waals surface area contributed by atoms with Crippen molar-refractivity contribution in [3.63, 3.8) is 0 Å². The van der Waals surface area contributed by atoms with Crippen LogP contribution < -0.4 is 0 Å². The number of rotatable bonds is 3. The second kappa shape index (κ2) is 4.13. The van der Waals surface area contributed by atoms with Crippen LogP contribution in [0.25, 0.3) is 0 Å². The fraction of sp³-hybridized carbons (Fsp3) is 0. The van der Waals surface area contributed by atoms with E-state index in [4.69, 9.17) is 0 Å². The van der Waals surface area contributed by atoms with Crippen LogP contribution in [0.2, 0.25) is 0 Å². The average molecular weight is 106 g/mol. The van der Waals surface area contributed by atoms with Crippen molar-refractivity contribution in [2.75, 3.05) is 0 Å². The summed E-state index contributed by atoms with van der Waals surface area (Å²) in [6.07, 6.45) is 7.07. The van der Waals surface area contributed by atoms with E-state index in [1.54, 1.807) is 12.2 Å². The van der Waals surface area contributed by atoms with Crippen LogP contribution in [0.1, 0.15) is 0 Å². The van der Waals surface area contributed by atoms with Crippen molar-refractivity contribution in [2.24, 2.45) is 0 Å². The van der Waals surface area contributed by atoms with Crippen molar-refractivity contribution in [3.05, 3.63) is 49.6 Å². The van der Waals surface area contributed by atoms with E-state index in [0.29, 0.717) is 0 Å². The first-order valence-electron chi connectivity index (χ1n) is 2.41. The molecule has 0 aliphatic rings. The Morgan fingerprint density at radius 1 is 1.25 bits per heavy atom. The zero-order valence-electron chi connectivity index (χ0n) is 4.93. The Bertz CT molecular complexity index is 127. The highest BCUT2D eigenvalue weighted by atomic mass is 13.8. The van der Waals surface area contributed by atoms with Gasteiger partial charge in [0.1, 0.15) is 0 Å². The molecule has 0 bridgehead atoms. The molecule has 0 atom stereocenters. The van der Waals surface area contributed by atoms with Crippen LogP contribution in [0.3, 0.4) is 0 Å². The molecule has 0 radical (unpaired) electrons. The van der Waals surface area contributed by atoms with Crippen molar-refractivity contribution in [2.45, 2.75) is 0 Å². The van der Waals surface area contributed by atoms with Gasteiger partial charge in [-0.2, -0.15) is 0 Å². The maximum absolute atomic E-state index is 3.66. The molecular formula is C8H10. The first kappa shape index (κ1) is 6.96. The molecule has 0 aromatic rings. The molecule has 0 heteroatoms. The predicted molar refractivity (Wildman–Crippen MR) is 38.7 cm³/mol. The van der Waals surface area contributed by atoms with E-state index in [2.05, 4.69) is 19.7 Å². The van der Waals surface area contributed by atoms with Crippen molar-refractivity contribution in [1.29, 1.82) is 0 Å². The lowest BCUT2D eigenvalue weighted by Crippen LogP contribution is -1.59. The van der Waals surface area contributed by atoms with Gasteiger partial charge in [-0.1, -0.05) is 44.0 Å². The fourth-order valence-corrected chi connectivity index (χ4v) is 0.260. The summed E-state index contributed by atoms with van der Waals surface area (Å²) < 4.78 is 0. The summed E-state index contributed by atoms with van der Waals surface area (Å²) in [4.78, 5) is 0. The molecule has 0 aliphatic heterocycles. The molecule has 0 N–H and O–H groups in total. The molecule has 0 unspecified atom stereocenters. The Hall–Kier alpha value is -1.04. The van der Waals surface area contributed by atoms with Gasteiger partial charge in [0.15, 0.2) is 0 Å². The Morgan fingerprint density at radius 2 is 1.88 bits per heavy atom. The molecule has 0 rings (SSSR count). The zero-order chi connectivity index (χ0) is 6.41. The molecule has 8 heavy (non-hydrogen) atoms. The SMILES string of the molecule is C=C/C=C\C(=C)C=C.